The minimum Gasteiger partial charge on any atom is -0.382 e. The maximum atomic E-state index is 11.3. The number of nitrogens with two attached hydrogens (primary N) is 1. The molecule has 4 heterocycles. The van der Waals surface area contributed by atoms with Gasteiger partial charge in [-0.2, -0.15) is 0 Å². The van der Waals surface area contributed by atoms with Gasteiger partial charge < -0.3 is 25.0 Å². The van der Waals surface area contributed by atoms with E-state index < -0.39 is 31.9 Å². The van der Waals surface area contributed by atoms with Crippen molar-refractivity contribution in [3.05, 3.63) is 12.7 Å². The van der Waals surface area contributed by atoms with Gasteiger partial charge in [-0.15, -0.1) is 0 Å². The van der Waals surface area contributed by atoms with E-state index in [9.17, 15) is 14.4 Å². The van der Waals surface area contributed by atoms with Crippen LogP contribution in [0.25, 0.3) is 11.2 Å². The largest absolute Gasteiger partial charge is 0.470 e. The lowest BCUT2D eigenvalue weighted by molar-refractivity contribution is -0.173. The lowest BCUT2D eigenvalue weighted by Crippen LogP contribution is -2.40. The molecule has 12 heteroatoms. The van der Waals surface area contributed by atoms with E-state index in [-0.39, 0.29) is 12.4 Å². The predicted octanol–water partition coefficient (Wildman–Crippen LogP) is -0.0372. The van der Waals surface area contributed by atoms with Gasteiger partial charge in [0, 0.05) is 0 Å². The number of nitrogens with zero attached hydrogens (tertiary/aromatic N) is 4. The van der Waals surface area contributed by atoms with Gasteiger partial charge in [-0.1, -0.05) is 6.92 Å². The van der Waals surface area contributed by atoms with E-state index >= 15 is 0 Å². The second-order valence-electron chi connectivity index (χ2n) is 5.80. The molecule has 4 atom stereocenters. The zero-order valence-electron chi connectivity index (χ0n) is 12.6. The Morgan fingerprint density at radius 2 is 2.29 bits per heavy atom. The van der Waals surface area contributed by atoms with Crippen LogP contribution in [0.1, 0.15) is 19.6 Å². The molecule has 2 fully saturated rings. The highest BCUT2D eigenvalue weighted by molar-refractivity contribution is 7.46. The number of anilines is 1. The molecule has 130 valence electrons. The van der Waals surface area contributed by atoms with Crippen LogP contribution in [0, 0.1) is 0 Å². The molecular formula is C12H16N5O6P. The monoisotopic (exact) mass is 357 g/mol. The molecule has 2 aromatic heterocycles. The van der Waals surface area contributed by atoms with Crippen molar-refractivity contribution in [2.75, 3.05) is 12.3 Å². The molecule has 0 saturated carbocycles. The lowest BCUT2D eigenvalue weighted by atomic mass is 9.96. The first-order valence-electron chi connectivity index (χ1n) is 7.31. The molecule has 4 N–H and O–H groups in total. The first-order valence-corrected chi connectivity index (χ1v) is 8.84. The number of fused-ring (bicyclic) bond motifs is 3. The fourth-order valence-electron chi connectivity index (χ4n) is 3.31. The van der Waals surface area contributed by atoms with Crippen molar-refractivity contribution in [3.63, 3.8) is 0 Å². The van der Waals surface area contributed by atoms with E-state index in [1.807, 2.05) is 6.92 Å². The minimum atomic E-state index is -4.70. The van der Waals surface area contributed by atoms with Crippen molar-refractivity contribution in [1.29, 1.82) is 0 Å². The molecule has 2 aliphatic heterocycles. The Hall–Kier alpha value is -1.62. The Kier molecular flexibility index (Phi) is 3.43. The van der Waals surface area contributed by atoms with Gasteiger partial charge in [0.1, 0.15) is 29.7 Å². The third-order valence-electron chi connectivity index (χ3n) is 4.48. The molecule has 0 aliphatic carbocycles. The number of phosphoric acid groups is 1. The summed E-state index contributed by atoms with van der Waals surface area (Å²) in [6.07, 6.45) is 0.977. The molecule has 2 aliphatic rings. The maximum Gasteiger partial charge on any atom is 0.470 e. The second-order valence-corrected chi connectivity index (χ2v) is 6.99. The molecule has 24 heavy (non-hydrogen) atoms. The van der Waals surface area contributed by atoms with E-state index in [0.29, 0.717) is 17.6 Å². The molecule has 11 nitrogen and oxygen atoms in total. The summed E-state index contributed by atoms with van der Waals surface area (Å²) in [6, 6.07) is 0. The highest BCUT2D eigenvalue weighted by Gasteiger charge is 2.63. The number of hydrogen-bond donors (Lipinski definition) is 3. The van der Waals surface area contributed by atoms with Crippen molar-refractivity contribution in [2.24, 2.45) is 0 Å². The Morgan fingerprint density at radius 1 is 1.50 bits per heavy atom. The van der Waals surface area contributed by atoms with Crippen LogP contribution in [0.15, 0.2) is 12.7 Å². The maximum absolute atomic E-state index is 11.3. The molecule has 2 unspecified atom stereocenters. The summed E-state index contributed by atoms with van der Waals surface area (Å²) in [4.78, 5) is 30.6. The van der Waals surface area contributed by atoms with Gasteiger partial charge >= 0.3 is 7.82 Å². The highest BCUT2D eigenvalue weighted by Crippen LogP contribution is 2.53. The minimum absolute atomic E-state index is 0.194. The van der Waals surface area contributed by atoms with Gasteiger partial charge in [0.25, 0.3) is 0 Å². The van der Waals surface area contributed by atoms with Crippen LogP contribution in [-0.4, -0.2) is 53.7 Å². The number of phosphoric ester groups is 1. The summed E-state index contributed by atoms with van der Waals surface area (Å²) in [7, 11) is -4.70. The lowest BCUT2D eigenvalue weighted by Gasteiger charge is -2.30. The first kappa shape index (κ1) is 15.9. The Balaban J connectivity index is 1.75. The van der Waals surface area contributed by atoms with E-state index in [4.69, 9.17) is 19.7 Å². The molecule has 2 saturated heterocycles. The summed E-state index contributed by atoms with van der Waals surface area (Å²) in [5.41, 5.74) is 5.71. The van der Waals surface area contributed by atoms with Gasteiger partial charge in [-0.3, -0.25) is 9.09 Å². The Labute approximate surface area is 136 Å². The molecular weight excluding hydrogens is 341 g/mol. The van der Waals surface area contributed by atoms with Crippen LogP contribution in [-0.2, 0) is 18.6 Å². The van der Waals surface area contributed by atoms with Crippen LogP contribution < -0.4 is 5.73 Å². The van der Waals surface area contributed by atoms with Gasteiger partial charge in [0.15, 0.2) is 17.7 Å². The van der Waals surface area contributed by atoms with Gasteiger partial charge in [0.2, 0.25) is 0 Å². The zero-order valence-corrected chi connectivity index (χ0v) is 13.5. The second kappa shape index (κ2) is 5.19. The van der Waals surface area contributed by atoms with Gasteiger partial charge in [-0.05, 0) is 6.42 Å². The van der Waals surface area contributed by atoms with E-state index in [2.05, 4.69) is 15.0 Å². The number of imidazole rings is 1. The normalized spacial score (nSPS) is 32.7. The third kappa shape index (κ3) is 2.25. The van der Waals surface area contributed by atoms with Crippen molar-refractivity contribution < 1.29 is 28.3 Å². The molecule has 4 rings (SSSR count). The molecule has 2 bridgehead atoms. The Morgan fingerprint density at radius 3 is 3.00 bits per heavy atom. The van der Waals surface area contributed by atoms with Gasteiger partial charge in [-0.25, -0.2) is 19.5 Å². The van der Waals surface area contributed by atoms with Crippen LogP contribution in [0.4, 0.5) is 5.82 Å². The van der Waals surface area contributed by atoms with Crippen molar-refractivity contribution in [2.45, 2.75) is 37.4 Å². The topological polar surface area (TPSA) is 155 Å². The van der Waals surface area contributed by atoms with Gasteiger partial charge in [0.05, 0.1) is 12.9 Å². The number of rotatable bonds is 4. The van der Waals surface area contributed by atoms with Crippen molar-refractivity contribution in [3.8, 4) is 0 Å². The summed E-state index contributed by atoms with van der Waals surface area (Å²) in [5.74, 6) is 0.232. The third-order valence-corrected chi connectivity index (χ3v) is 4.99. The van der Waals surface area contributed by atoms with Crippen molar-refractivity contribution >= 4 is 24.8 Å². The molecule has 0 spiro atoms. The van der Waals surface area contributed by atoms with Crippen LogP contribution >= 0.6 is 7.82 Å². The summed E-state index contributed by atoms with van der Waals surface area (Å²) in [5, 5.41) is 0. The van der Waals surface area contributed by atoms with Crippen molar-refractivity contribution in [1.82, 2.24) is 19.5 Å². The SMILES string of the molecule is CC[C@]12COC(C1OP(=O)(O)O)[C@H](n1cnc3c(N)ncnc31)O2. The average molecular weight is 357 g/mol. The van der Waals surface area contributed by atoms with Crippen LogP contribution in [0.5, 0.6) is 0 Å². The highest BCUT2D eigenvalue weighted by atomic mass is 31.2. The summed E-state index contributed by atoms with van der Waals surface area (Å²) >= 11 is 0. The molecule has 0 amide bonds. The number of ether oxygens (including phenoxy) is 2. The first-order chi connectivity index (χ1) is 11.3. The summed E-state index contributed by atoms with van der Waals surface area (Å²) < 4.78 is 29.7. The van der Waals surface area contributed by atoms with E-state index in [1.54, 1.807) is 4.57 Å². The number of nitrogen functional groups attached to an aromatic ring is 1. The van der Waals surface area contributed by atoms with E-state index in [0.717, 1.165) is 0 Å². The molecule has 0 aromatic carbocycles. The Bertz CT molecular complexity index is 838. The summed E-state index contributed by atoms with van der Waals surface area (Å²) in [6.45, 7) is 2.04. The quantitative estimate of drug-likeness (QED) is 0.635. The average Bonchev–Trinajstić information content (AvgIpc) is 3.17. The van der Waals surface area contributed by atoms with E-state index in [1.165, 1.54) is 12.7 Å². The molecule has 0 radical (unpaired) electrons. The smallest absolute Gasteiger partial charge is 0.382 e. The predicted molar refractivity (Wildman–Crippen MR) is 79.5 cm³/mol. The fourth-order valence-corrected chi connectivity index (χ4v) is 3.92. The van der Waals surface area contributed by atoms with Crippen LogP contribution in [0.2, 0.25) is 0 Å². The number of aromatic nitrogens is 4. The fraction of sp³-hybridized carbons (Fsp3) is 0.583. The van der Waals surface area contributed by atoms with Crippen LogP contribution in [0.3, 0.4) is 0 Å². The molecule has 2 aromatic rings. The standard InChI is InChI=1S/C12H16N5O6P/c1-2-12-3-21-7(8(12)23-24(18,19)20)11(22-12)17-5-16-6-9(13)14-4-15-10(6)17/h4-5,7-8,11H,2-3H2,1H3,(H2,13,14,15)(H2,18,19,20)/t7?,8?,11-,12+/m1/s1. The number of hydrogen-bond acceptors (Lipinski definition) is 8. The zero-order chi connectivity index (χ0) is 17.1.